The predicted octanol–water partition coefficient (Wildman–Crippen LogP) is 2.26. The largest absolute Gasteiger partial charge is 0.463 e. The smallest absolute Gasteiger partial charge is 0.373 e. The maximum absolute atomic E-state index is 11.2. The van der Waals surface area contributed by atoms with Crippen molar-refractivity contribution in [2.45, 2.75) is 13.1 Å². The number of benzene rings is 1. The highest BCUT2D eigenvalue weighted by molar-refractivity contribution is 5.86. The number of carbonyl (C=O) groups excluding carboxylic acids is 1. The molecule has 0 bridgehead atoms. The monoisotopic (exact) mass is 290 g/mol. The molecule has 1 aromatic heterocycles. The van der Waals surface area contributed by atoms with E-state index in [0.29, 0.717) is 24.4 Å². The second-order valence-electron chi connectivity index (χ2n) is 4.25. The van der Waals surface area contributed by atoms with Gasteiger partial charge in [0.25, 0.3) is 5.69 Å². The molecule has 0 saturated carbocycles. The van der Waals surface area contributed by atoms with Crippen LogP contribution in [0.5, 0.6) is 0 Å². The van der Waals surface area contributed by atoms with Crippen LogP contribution in [0.4, 0.5) is 5.69 Å². The summed E-state index contributed by atoms with van der Waals surface area (Å²) < 4.78 is 9.82. The summed E-state index contributed by atoms with van der Waals surface area (Å²) in [5.74, 6) is 0.133. The van der Waals surface area contributed by atoms with Crippen LogP contribution < -0.4 is 5.32 Å². The second kappa shape index (κ2) is 6.67. The number of nitro groups is 1. The molecule has 21 heavy (non-hydrogen) atoms. The minimum atomic E-state index is -0.542. The molecule has 0 aliphatic heterocycles. The Morgan fingerprint density at radius 1 is 1.29 bits per heavy atom. The van der Waals surface area contributed by atoms with Gasteiger partial charge in [0.05, 0.1) is 18.6 Å². The highest BCUT2D eigenvalue weighted by Gasteiger charge is 2.13. The zero-order valence-electron chi connectivity index (χ0n) is 11.4. The zero-order valence-corrected chi connectivity index (χ0v) is 11.4. The van der Waals surface area contributed by atoms with Crippen LogP contribution in [0.3, 0.4) is 0 Å². The van der Waals surface area contributed by atoms with Gasteiger partial charge >= 0.3 is 5.97 Å². The Hall–Kier alpha value is -2.67. The van der Waals surface area contributed by atoms with Crippen molar-refractivity contribution in [3.63, 3.8) is 0 Å². The van der Waals surface area contributed by atoms with E-state index in [1.54, 1.807) is 24.3 Å². The van der Waals surface area contributed by atoms with Crippen LogP contribution in [0, 0.1) is 10.1 Å². The molecule has 0 saturated heterocycles. The lowest BCUT2D eigenvalue weighted by molar-refractivity contribution is -0.385. The van der Waals surface area contributed by atoms with Crippen LogP contribution in [0.25, 0.3) is 0 Å². The fourth-order valence-electron chi connectivity index (χ4n) is 1.84. The van der Waals surface area contributed by atoms with E-state index in [9.17, 15) is 14.9 Å². The van der Waals surface area contributed by atoms with Crippen molar-refractivity contribution >= 4 is 11.7 Å². The van der Waals surface area contributed by atoms with Crippen molar-refractivity contribution in [3.05, 3.63) is 63.6 Å². The number of carbonyl (C=O) groups is 1. The predicted molar refractivity (Wildman–Crippen MR) is 73.7 cm³/mol. The second-order valence-corrected chi connectivity index (χ2v) is 4.25. The standard InChI is InChI=1S/C14H14N2O5/c1-20-14(17)13-7-6-11(21-13)9-15-8-10-4-2-3-5-12(10)16(18)19/h2-7,15H,8-9H2,1H3. The Bertz CT molecular complexity index is 650. The van der Waals surface area contributed by atoms with Crippen molar-refractivity contribution in [2.24, 2.45) is 0 Å². The first-order valence-electron chi connectivity index (χ1n) is 6.22. The van der Waals surface area contributed by atoms with Gasteiger partial charge in [0.2, 0.25) is 5.76 Å². The van der Waals surface area contributed by atoms with Crippen molar-refractivity contribution in [3.8, 4) is 0 Å². The maximum atomic E-state index is 11.2. The number of rotatable bonds is 6. The summed E-state index contributed by atoms with van der Waals surface area (Å²) in [6, 6.07) is 9.68. The molecule has 1 aromatic carbocycles. The van der Waals surface area contributed by atoms with Gasteiger partial charge in [-0.15, -0.1) is 0 Å². The molecule has 0 aliphatic carbocycles. The molecule has 7 nitrogen and oxygen atoms in total. The third-order valence-electron chi connectivity index (χ3n) is 2.85. The number of nitrogens with zero attached hydrogens (tertiary/aromatic N) is 1. The van der Waals surface area contributed by atoms with Crippen LogP contribution in [-0.4, -0.2) is 18.0 Å². The summed E-state index contributed by atoms with van der Waals surface area (Å²) in [5, 5.41) is 13.9. The van der Waals surface area contributed by atoms with Crippen LogP contribution in [0.1, 0.15) is 21.9 Å². The number of ether oxygens (including phenoxy) is 1. The number of hydrogen-bond donors (Lipinski definition) is 1. The third kappa shape index (κ3) is 3.67. The lowest BCUT2D eigenvalue weighted by Gasteiger charge is -2.04. The Morgan fingerprint density at radius 3 is 2.76 bits per heavy atom. The van der Waals surface area contributed by atoms with E-state index in [2.05, 4.69) is 10.1 Å². The first-order chi connectivity index (χ1) is 10.1. The van der Waals surface area contributed by atoms with E-state index < -0.39 is 10.9 Å². The van der Waals surface area contributed by atoms with E-state index in [4.69, 9.17) is 4.42 Å². The SMILES string of the molecule is COC(=O)c1ccc(CNCc2ccccc2[N+](=O)[O-])o1. The molecule has 7 heteroatoms. The highest BCUT2D eigenvalue weighted by atomic mass is 16.6. The van der Waals surface area contributed by atoms with Gasteiger partial charge in [0.1, 0.15) is 5.76 Å². The van der Waals surface area contributed by atoms with Crippen LogP contribution in [-0.2, 0) is 17.8 Å². The molecule has 1 heterocycles. The topological polar surface area (TPSA) is 94.6 Å². The van der Waals surface area contributed by atoms with E-state index in [0.717, 1.165) is 0 Å². The molecule has 0 radical (unpaired) electrons. The molecule has 0 fully saturated rings. The van der Waals surface area contributed by atoms with E-state index in [1.165, 1.54) is 19.2 Å². The number of nitro benzene ring substituents is 1. The summed E-state index contributed by atoms with van der Waals surface area (Å²) in [5.41, 5.74) is 0.655. The van der Waals surface area contributed by atoms with Gasteiger partial charge in [-0.2, -0.15) is 0 Å². The van der Waals surface area contributed by atoms with Gasteiger partial charge in [-0.05, 0) is 12.1 Å². The number of esters is 1. The molecular formula is C14H14N2O5. The van der Waals surface area contributed by atoms with Crippen LogP contribution >= 0.6 is 0 Å². The zero-order chi connectivity index (χ0) is 15.2. The molecule has 2 rings (SSSR count). The average Bonchev–Trinajstić information content (AvgIpc) is 2.95. The molecule has 0 spiro atoms. The number of nitrogens with one attached hydrogen (secondary N) is 1. The average molecular weight is 290 g/mol. The number of para-hydroxylation sites is 1. The summed E-state index contributed by atoms with van der Waals surface area (Å²) in [7, 11) is 1.28. The summed E-state index contributed by atoms with van der Waals surface area (Å²) in [6.07, 6.45) is 0. The minimum absolute atomic E-state index is 0.0692. The van der Waals surface area contributed by atoms with Gasteiger partial charge in [0.15, 0.2) is 0 Å². The molecule has 0 atom stereocenters. The lowest BCUT2D eigenvalue weighted by Crippen LogP contribution is -2.13. The summed E-state index contributed by atoms with van der Waals surface area (Å²) in [6.45, 7) is 0.675. The Balaban J connectivity index is 1.94. The normalized spacial score (nSPS) is 10.3. The first-order valence-corrected chi connectivity index (χ1v) is 6.22. The van der Waals surface area contributed by atoms with Gasteiger partial charge in [0, 0.05) is 18.2 Å². The molecule has 2 aromatic rings. The fraction of sp³-hybridized carbons (Fsp3) is 0.214. The van der Waals surface area contributed by atoms with Gasteiger partial charge < -0.3 is 14.5 Å². The van der Waals surface area contributed by atoms with E-state index >= 15 is 0 Å². The molecule has 110 valence electrons. The number of methoxy groups -OCH3 is 1. The van der Waals surface area contributed by atoms with Crippen LogP contribution in [0.2, 0.25) is 0 Å². The van der Waals surface area contributed by atoms with Crippen molar-refractivity contribution in [1.82, 2.24) is 5.32 Å². The van der Waals surface area contributed by atoms with Gasteiger partial charge in [-0.3, -0.25) is 10.1 Å². The Kier molecular flexibility index (Phi) is 4.68. The first kappa shape index (κ1) is 14.7. The van der Waals surface area contributed by atoms with Gasteiger partial charge in [-0.25, -0.2) is 4.79 Å². The lowest BCUT2D eigenvalue weighted by atomic mass is 10.2. The molecule has 0 unspecified atom stereocenters. The van der Waals surface area contributed by atoms with Crippen molar-refractivity contribution in [1.29, 1.82) is 0 Å². The minimum Gasteiger partial charge on any atom is -0.463 e. The van der Waals surface area contributed by atoms with Crippen molar-refractivity contribution in [2.75, 3.05) is 7.11 Å². The quantitative estimate of drug-likeness (QED) is 0.498. The van der Waals surface area contributed by atoms with E-state index in [1.807, 2.05) is 0 Å². The Morgan fingerprint density at radius 2 is 2.05 bits per heavy atom. The number of hydrogen-bond acceptors (Lipinski definition) is 6. The van der Waals surface area contributed by atoms with E-state index in [-0.39, 0.29) is 11.4 Å². The maximum Gasteiger partial charge on any atom is 0.373 e. The number of furan rings is 1. The molecular weight excluding hydrogens is 276 g/mol. The molecule has 1 N–H and O–H groups in total. The van der Waals surface area contributed by atoms with Crippen molar-refractivity contribution < 1.29 is 18.9 Å². The molecule has 0 amide bonds. The third-order valence-corrected chi connectivity index (χ3v) is 2.85. The molecule has 0 aliphatic rings. The summed E-state index contributed by atoms with van der Waals surface area (Å²) in [4.78, 5) is 21.7. The Labute approximate surface area is 120 Å². The fourth-order valence-corrected chi connectivity index (χ4v) is 1.84. The van der Waals surface area contributed by atoms with Crippen LogP contribution in [0.15, 0.2) is 40.8 Å². The summed E-state index contributed by atoms with van der Waals surface area (Å²) >= 11 is 0. The van der Waals surface area contributed by atoms with Gasteiger partial charge in [-0.1, -0.05) is 18.2 Å². The highest BCUT2D eigenvalue weighted by Crippen LogP contribution is 2.17.